The molecule has 1 amide bonds. The molecule has 28 heavy (non-hydrogen) atoms. The first-order valence-electron chi connectivity index (χ1n) is 10.3. The number of ether oxygens (including phenoxy) is 3. The van der Waals surface area contributed by atoms with E-state index in [2.05, 4.69) is 22.5 Å². The molecule has 2 aliphatic heterocycles. The van der Waals surface area contributed by atoms with Crippen LogP contribution in [0.4, 0.5) is 4.79 Å². The summed E-state index contributed by atoms with van der Waals surface area (Å²) in [5.74, 6) is 1.41. The zero-order valence-corrected chi connectivity index (χ0v) is 19.6. The second-order valence-corrected chi connectivity index (χ2v) is 7.02. The molecule has 164 valence electrons. The molecule has 0 bridgehead atoms. The maximum Gasteiger partial charge on any atom is 0.409 e. The van der Waals surface area contributed by atoms with Crippen LogP contribution in [0, 0.1) is 5.92 Å². The van der Waals surface area contributed by atoms with Gasteiger partial charge in [0.25, 0.3) is 0 Å². The van der Waals surface area contributed by atoms with Crippen LogP contribution < -0.4 is 10.6 Å². The molecule has 2 aliphatic rings. The van der Waals surface area contributed by atoms with E-state index in [1.807, 2.05) is 6.92 Å². The average molecular weight is 512 g/mol. The molecule has 9 heteroatoms. The number of hydrogen-bond acceptors (Lipinski definition) is 5. The average Bonchev–Trinajstić information content (AvgIpc) is 3.19. The number of rotatable bonds is 9. The van der Waals surface area contributed by atoms with Gasteiger partial charge in [-0.05, 0) is 39.5 Å². The van der Waals surface area contributed by atoms with Gasteiger partial charge in [-0.25, -0.2) is 4.79 Å². The normalized spacial score (nSPS) is 20.6. The molecule has 2 rings (SSSR count). The van der Waals surface area contributed by atoms with Crippen LogP contribution in [0.15, 0.2) is 4.99 Å². The largest absolute Gasteiger partial charge is 0.450 e. The Morgan fingerprint density at radius 2 is 2.04 bits per heavy atom. The van der Waals surface area contributed by atoms with E-state index in [0.717, 1.165) is 71.2 Å². The molecular weight excluding hydrogens is 475 g/mol. The van der Waals surface area contributed by atoms with Gasteiger partial charge in [-0.15, -0.1) is 24.0 Å². The first kappa shape index (κ1) is 25.2. The molecule has 2 saturated heterocycles. The fraction of sp³-hybridized carbons (Fsp3) is 0.895. The van der Waals surface area contributed by atoms with Crippen molar-refractivity contribution in [2.75, 3.05) is 59.2 Å². The van der Waals surface area contributed by atoms with Gasteiger partial charge in [-0.1, -0.05) is 0 Å². The number of amides is 1. The summed E-state index contributed by atoms with van der Waals surface area (Å²) in [7, 11) is 0. The molecule has 2 N–H and O–H groups in total. The standard InChI is InChI=1S/C19H36N4O4.HI/c1-3-20-18(21-9-5-12-25-14-16-8-13-26-15-16)22-17-6-10-23(11-7-17)19(24)27-4-2;/h16-17H,3-15H2,1-2H3,(H2,20,21,22);1H. The fourth-order valence-corrected chi connectivity index (χ4v) is 3.26. The van der Waals surface area contributed by atoms with Crippen molar-refractivity contribution in [3.05, 3.63) is 0 Å². The highest BCUT2D eigenvalue weighted by atomic mass is 127. The maximum absolute atomic E-state index is 11.8. The van der Waals surface area contributed by atoms with Crippen LogP contribution in [0.3, 0.4) is 0 Å². The number of carbonyl (C=O) groups excluding carboxylic acids is 1. The van der Waals surface area contributed by atoms with Gasteiger partial charge in [-0.2, -0.15) is 0 Å². The SMILES string of the molecule is CCNC(=NCCCOCC1CCOC1)NC1CCN(C(=O)OCC)CC1.I. The Morgan fingerprint density at radius 1 is 1.25 bits per heavy atom. The number of piperidine rings is 1. The highest BCUT2D eigenvalue weighted by Crippen LogP contribution is 2.13. The van der Waals surface area contributed by atoms with Gasteiger partial charge in [0.2, 0.25) is 0 Å². The van der Waals surface area contributed by atoms with Gasteiger partial charge in [-0.3, -0.25) is 4.99 Å². The molecule has 2 heterocycles. The van der Waals surface area contributed by atoms with Crippen LogP contribution in [-0.4, -0.2) is 82.2 Å². The van der Waals surface area contributed by atoms with E-state index >= 15 is 0 Å². The van der Waals surface area contributed by atoms with Crippen LogP contribution in [0.1, 0.15) is 39.5 Å². The van der Waals surface area contributed by atoms with Gasteiger partial charge >= 0.3 is 6.09 Å². The minimum absolute atomic E-state index is 0. The Morgan fingerprint density at radius 3 is 2.68 bits per heavy atom. The van der Waals surface area contributed by atoms with Crippen molar-refractivity contribution in [3.63, 3.8) is 0 Å². The lowest BCUT2D eigenvalue weighted by atomic mass is 10.1. The van der Waals surface area contributed by atoms with E-state index < -0.39 is 0 Å². The summed E-state index contributed by atoms with van der Waals surface area (Å²) in [6.07, 6.45) is 3.61. The van der Waals surface area contributed by atoms with Gasteiger partial charge in [0.1, 0.15) is 0 Å². The first-order valence-corrected chi connectivity index (χ1v) is 10.3. The van der Waals surface area contributed by atoms with Crippen LogP contribution in [-0.2, 0) is 14.2 Å². The van der Waals surface area contributed by atoms with Gasteiger partial charge in [0, 0.05) is 51.4 Å². The van der Waals surface area contributed by atoms with E-state index in [1.54, 1.807) is 4.90 Å². The summed E-state index contributed by atoms with van der Waals surface area (Å²) in [6.45, 7) is 10.5. The maximum atomic E-state index is 11.8. The smallest absolute Gasteiger partial charge is 0.409 e. The lowest BCUT2D eigenvalue weighted by Crippen LogP contribution is -2.49. The fourth-order valence-electron chi connectivity index (χ4n) is 3.26. The zero-order chi connectivity index (χ0) is 19.3. The molecule has 8 nitrogen and oxygen atoms in total. The molecule has 0 aromatic rings. The van der Waals surface area contributed by atoms with E-state index in [0.29, 0.717) is 31.7 Å². The molecule has 1 atom stereocenters. The second-order valence-electron chi connectivity index (χ2n) is 7.02. The Balaban J connectivity index is 0.00000392. The first-order chi connectivity index (χ1) is 13.2. The topological polar surface area (TPSA) is 84.4 Å². The molecule has 0 spiro atoms. The molecule has 0 saturated carbocycles. The molecule has 0 aliphatic carbocycles. The second kappa shape index (κ2) is 15.1. The number of aliphatic imine (C=N–C) groups is 1. The number of nitrogens with zero attached hydrogens (tertiary/aromatic N) is 2. The number of carbonyl (C=O) groups is 1. The third-order valence-electron chi connectivity index (χ3n) is 4.80. The summed E-state index contributed by atoms with van der Waals surface area (Å²) < 4.78 is 16.1. The molecule has 0 radical (unpaired) electrons. The Kier molecular flexibility index (Phi) is 13.6. The Hall–Kier alpha value is -0.810. The van der Waals surface area contributed by atoms with Crippen LogP contribution >= 0.6 is 24.0 Å². The highest BCUT2D eigenvalue weighted by molar-refractivity contribution is 14.0. The van der Waals surface area contributed by atoms with Crippen molar-refractivity contribution in [2.45, 2.75) is 45.6 Å². The number of halogens is 1. The summed E-state index contributed by atoms with van der Waals surface area (Å²) in [5, 5.41) is 6.78. The van der Waals surface area contributed by atoms with Crippen LogP contribution in [0.2, 0.25) is 0 Å². The summed E-state index contributed by atoms with van der Waals surface area (Å²) >= 11 is 0. The van der Waals surface area contributed by atoms with Crippen LogP contribution in [0.5, 0.6) is 0 Å². The number of likely N-dealkylation sites (tertiary alicyclic amines) is 1. The van der Waals surface area contributed by atoms with Crippen molar-refractivity contribution in [3.8, 4) is 0 Å². The Labute approximate surface area is 186 Å². The summed E-state index contributed by atoms with van der Waals surface area (Å²) in [4.78, 5) is 18.2. The molecule has 2 fully saturated rings. The van der Waals surface area contributed by atoms with Crippen molar-refractivity contribution in [1.82, 2.24) is 15.5 Å². The predicted octanol–water partition coefficient (Wildman–Crippen LogP) is 2.22. The Bertz CT molecular complexity index is 453. The lowest BCUT2D eigenvalue weighted by Gasteiger charge is -2.32. The van der Waals surface area contributed by atoms with E-state index in [9.17, 15) is 4.79 Å². The van der Waals surface area contributed by atoms with Crippen LogP contribution in [0.25, 0.3) is 0 Å². The van der Waals surface area contributed by atoms with Gasteiger partial charge < -0.3 is 29.7 Å². The van der Waals surface area contributed by atoms with Gasteiger partial charge in [0.15, 0.2) is 5.96 Å². The molecule has 0 aromatic carbocycles. The van der Waals surface area contributed by atoms with Crippen molar-refractivity contribution < 1.29 is 19.0 Å². The molecule has 1 unspecified atom stereocenters. The number of nitrogens with one attached hydrogen (secondary N) is 2. The number of guanidine groups is 1. The minimum atomic E-state index is -0.208. The summed E-state index contributed by atoms with van der Waals surface area (Å²) in [6, 6.07) is 0.326. The molecule has 0 aromatic heterocycles. The minimum Gasteiger partial charge on any atom is -0.450 e. The highest BCUT2D eigenvalue weighted by Gasteiger charge is 2.24. The predicted molar refractivity (Wildman–Crippen MR) is 121 cm³/mol. The molecular formula is C19H37IN4O4. The van der Waals surface area contributed by atoms with Gasteiger partial charge in [0.05, 0.1) is 19.8 Å². The van der Waals surface area contributed by atoms with E-state index in [-0.39, 0.29) is 30.1 Å². The monoisotopic (exact) mass is 512 g/mol. The van der Waals surface area contributed by atoms with E-state index in [4.69, 9.17) is 14.2 Å². The quantitative estimate of drug-likeness (QED) is 0.213. The third-order valence-corrected chi connectivity index (χ3v) is 4.80. The van der Waals surface area contributed by atoms with Crippen molar-refractivity contribution in [2.24, 2.45) is 10.9 Å². The van der Waals surface area contributed by atoms with E-state index in [1.165, 1.54) is 0 Å². The van der Waals surface area contributed by atoms with Crippen molar-refractivity contribution in [1.29, 1.82) is 0 Å². The lowest BCUT2D eigenvalue weighted by molar-refractivity contribution is 0.0893. The summed E-state index contributed by atoms with van der Waals surface area (Å²) in [5.41, 5.74) is 0. The third kappa shape index (κ3) is 9.60. The number of hydrogen-bond donors (Lipinski definition) is 2. The van der Waals surface area contributed by atoms with Crippen molar-refractivity contribution >= 4 is 36.0 Å². The zero-order valence-electron chi connectivity index (χ0n) is 17.3.